The maximum Gasteiger partial charge on any atom is 0.416 e. The summed E-state index contributed by atoms with van der Waals surface area (Å²) in [7, 11) is 1.58. The normalized spacial score (nSPS) is 11.4. The van der Waals surface area contributed by atoms with E-state index in [2.05, 4.69) is 15.6 Å². The van der Waals surface area contributed by atoms with Gasteiger partial charge in [-0.3, -0.25) is 9.59 Å². The van der Waals surface area contributed by atoms with E-state index in [0.29, 0.717) is 17.7 Å². The van der Waals surface area contributed by atoms with Gasteiger partial charge in [0.1, 0.15) is 5.69 Å². The molecule has 2 aromatic heterocycles. The second kappa shape index (κ2) is 11.2. The van der Waals surface area contributed by atoms with Gasteiger partial charge in [0.15, 0.2) is 5.78 Å². The van der Waals surface area contributed by atoms with Crippen LogP contribution in [0.3, 0.4) is 0 Å². The molecular weight excluding hydrogens is 533 g/mol. The number of halogens is 3. The molecule has 41 heavy (non-hydrogen) atoms. The van der Waals surface area contributed by atoms with Gasteiger partial charge in [0.25, 0.3) is 0 Å². The number of aryl methyl sites for hydroxylation is 1. The minimum absolute atomic E-state index is 0.0934. The Morgan fingerprint density at radius 1 is 0.854 bits per heavy atom. The first kappa shape index (κ1) is 27.5. The van der Waals surface area contributed by atoms with Crippen LogP contribution in [0.2, 0.25) is 0 Å². The van der Waals surface area contributed by atoms with E-state index in [0.717, 1.165) is 40.3 Å². The van der Waals surface area contributed by atoms with Crippen LogP contribution in [-0.2, 0) is 17.4 Å². The molecule has 1 N–H and O–H groups in total. The van der Waals surface area contributed by atoms with Gasteiger partial charge in [-0.15, -0.1) is 5.10 Å². The Kier molecular flexibility index (Phi) is 7.52. The van der Waals surface area contributed by atoms with Gasteiger partial charge < -0.3 is 5.32 Å². The van der Waals surface area contributed by atoms with Crippen LogP contribution in [0.5, 0.6) is 0 Å². The summed E-state index contributed by atoms with van der Waals surface area (Å²) in [6.45, 7) is 1.43. The number of Topliss-reactive ketones (excluding diaryl/α,β-unsaturated/α-hetero) is 1. The number of nitrogens with zero attached hydrogens (tertiary/aromatic N) is 5. The number of carbonyl (C=O) groups is 2. The summed E-state index contributed by atoms with van der Waals surface area (Å²) in [6, 6.07) is 21.8. The van der Waals surface area contributed by atoms with Crippen LogP contribution >= 0.6 is 0 Å². The summed E-state index contributed by atoms with van der Waals surface area (Å²) in [5.74, 6) is -0.271. The molecule has 208 valence electrons. The van der Waals surface area contributed by atoms with Gasteiger partial charge in [-0.25, -0.2) is 9.36 Å². The number of ketones is 1. The summed E-state index contributed by atoms with van der Waals surface area (Å²) in [6.07, 6.45) is -2.11. The quantitative estimate of drug-likeness (QED) is 0.247. The molecule has 0 bridgehead atoms. The molecule has 0 aliphatic carbocycles. The van der Waals surface area contributed by atoms with Gasteiger partial charge in [0.2, 0.25) is 5.91 Å². The molecular formula is C30H25F3N6O2. The monoisotopic (exact) mass is 558 g/mol. The predicted molar refractivity (Wildman–Crippen MR) is 147 cm³/mol. The van der Waals surface area contributed by atoms with E-state index in [9.17, 15) is 22.8 Å². The third-order valence-electron chi connectivity index (χ3n) is 6.59. The Morgan fingerprint density at radius 3 is 2.00 bits per heavy atom. The number of benzene rings is 3. The van der Waals surface area contributed by atoms with Gasteiger partial charge in [-0.05, 0) is 53.6 Å². The van der Waals surface area contributed by atoms with E-state index < -0.39 is 11.7 Å². The standard InChI is InChI=1S/C30H25F3N6O2/c1-19(40)27-18-38(37-35-27)25-12-14-26(15-13-25)39-28(17-24(36-39)11-16-29(41)34-2)22-5-3-20(4-6-22)21-7-9-23(10-8-21)30(31,32)33/h3-10,12-15,17-18H,11,16H2,1-2H3,(H,34,41). The number of nitrogens with one attached hydrogen (secondary N) is 1. The number of hydrogen-bond donors (Lipinski definition) is 1. The third kappa shape index (κ3) is 6.08. The lowest BCUT2D eigenvalue weighted by Gasteiger charge is -2.10. The van der Waals surface area contributed by atoms with Crippen molar-refractivity contribution in [3.05, 3.63) is 102 Å². The average Bonchev–Trinajstić information content (AvgIpc) is 3.64. The summed E-state index contributed by atoms with van der Waals surface area (Å²) in [5, 5.41) is 15.3. The van der Waals surface area contributed by atoms with E-state index in [1.807, 2.05) is 54.6 Å². The van der Waals surface area contributed by atoms with Crippen molar-refractivity contribution in [1.29, 1.82) is 0 Å². The highest BCUT2D eigenvalue weighted by molar-refractivity contribution is 5.91. The topological polar surface area (TPSA) is 94.7 Å². The highest BCUT2D eigenvalue weighted by atomic mass is 19.4. The highest BCUT2D eigenvalue weighted by Gasteiger charge is 2.30. The summed E-state index contributed by atoms with van der Waals surface area (Å²) in [5.41, 5.74) is 4.83. The van der Waals surface area contributed by atoms with Crippen molar-refractivity contribution in [3.8, 4) is 33.8 Å². The first-order valence-corrected chi connectivity index (χ1v) is 12.7. The number of aromatic nitrogens is 5. The largest absolute Gasteiger partial charge is 0.416 e. The summed E-state index contributed by atoms with van der Waals surface area (Å²) in [4.78, 5) is 23.4. The zero-order valence-electron chi connectivity index (χ0n) is 22.2. The molecule has 5 aromatic rings. The van der Waals surface area contributed by atoms with E-state index in [4.69, 9.17) is 5.10 Å². The Bertz CT molecular complexity index is 1690. The van der Waals surface area contributed by atoms with Crippen molar-refractivity contribution in [3.63, 3.8) is 0 Å². The molecule has 0 fully saturated rings. The van der Waals surface area contributed by atoms with E-state index >= 15 is 0 Å². The Balaban J connectivity index is 1.46. The van der Waals surface area contributed by atoms with Gasteiger partial charge in [0.05, 0.1) is 34.5 Å². The maximum atomic E-state index is 13.0. The maximum absolute atomic E-state index is 13.0. The predicted octanol–water partition coefficient (Wildman–Crippen LogP) is 5.69. The molecule has 0 saturated heterocycles. The lowest BCUT2D eigenvalue weighted by molar-refractivity contribution is -0.137. The number of amides is 1. The van der Waals surface area contributed by atoms with Crippen molar-refractivity contribution in [2.45, 2.75) is 25.9 Å². The molecule has 1 amide bonds. The molecule has 0 radical (unpaired) electrons. The number of hydrogen-bond acceptors (Lipinski definition) is 5. The Hall–Kier alpha value is -5.06. The molecule has 0 atom stereocenters. The molecule has 5 rings (SSSR count). The van der Waals surface area contributed by atoms with E-state index in [1.54, 1.807) is 17.9 Å². The lowest BCUT2D eigenvalue weighted by Crippen LogP contribution is -2.18. The van der Waals surface area contributed by atoms with Crippen LogP contribution in [0.15, 0.2) is 85.1 Å². The van der Waals surface area contributed by atoms with E-state index in [-0.39, 0.29) is 23.8 Å². The van der Waals surface area contributed by atoms with Crippen molar-refractivity contribution in [2.75, 3.05) is 7.05 Å². The van der Waals surface area contributed by atoms with E-state index in [1.165, 1.54) is 23.7 Å². The van der Waals surface area contributed by atoms with Crippen LogP contribution in [0.25, 0.3) is 33.8 Å². The van der Waals surface area contributed by atoms with Gasteiger partial charge >= 0.3 is 6.18 Å². The molecule has 0 aliphatic heterocycles. The van der Waals surface area contributed by atoms with Crippen molar-refractivity contribution in [1.82, 2.24) is 30.1 Å². The highest BCUT2D eigenvalue weighted by Crippen LogP contribution is 2.32. The minimum Gasteiger partial charge on any atom is -0.359 e. The van der Waals surface area contributed by atoms with Crippen molar-refractivity contribution >= 4 is 11.7 Å². The smallest absolute Gasteiger partial charge is 0.359 e. The lowest BCUT2D eigenvalue weighted by atomic mass is 10.0. The van der Waals surface area contributed by atoms with Crippen LogP contribution in [-0.4, -0.2) is 43.5 Å². The van der Waals surface area contributed by atoms with Crippen LogP contribution in [0, 0.1) is 0 Å². The fourth-order valence-electron chi connectivity index (χ4n) is 4.30. The zero-order chi connectivity index (χ0) is 29.1. The Labute approximate surface area is 233 Å². The van der Waals surface area contributed by atoms with Gasteiger partial charge in [0, 0.05) is 32.4 Å². The second-order valence-electron chi connectivity index (χ2n) is 9.38. The number of rotatable bonds is 8. The van der Waals surface area contributed by atoms with Crippen LogP contribution in [0.1, 0.15) is 35.1 Å². The second-order valence-corrected chi connectivity index (χ2v) is 9.38. The summed E-state index contributed by atoms with van der Waals surface area (Å²) >= 11 is 0. The van der Waals surface area contributed by atoms with Crippen LogP contribution < -0.4 is 5.32 Å². The first-order valence-electron chi connectivity index (χ1n) is 12.7. The van der Waals surface area contributed by atoms with Crippen molar-refractivity contribution < 1.29 is 22.8 Å². The molecule has 3 aromatic carbocycles. The minimum atomic E-state index is -4.39. The summed E-state index contributed by atoms with van der Waals surface area (Å²) < 4.78 is 42.1. The third-order valence-corrected chi connectivity index (χ3v) is 6.59. The Morgan fingerprint density at radius 2 is 1.44 bits per heavy atom. The molecule has 8 nitrogen and oxygen atoms in total. The van der Waals surface area contributed by atoms with Gasteiger partial charge in [-0.2, -0.15) is 18.3 Å². The van der Waals surface area contributed by atoms with Crippen LogP contribution in [0.4, 0.5) is 13.2 Å². The van der Waals surface area contributed by atoms with Crippen molar-refractivity contribution in [2.24, 2.45) is 0 Å². The fraction of sp³-hybridized carbons (Fsp3) is 0.167. The average molecular weight is 559 g/mol. The fourth-order valence-corrected chi connectivity index (χ4v) is 4.30. The zero-order valence-corrected chi connectivity index (χ0v) is 22.2. The number of carbonyl (C=O) groups excluding carboxylic acids is 2. The molecule has 0 aliphatic rings. The number of alkyl halides is 3. The first-order chi connectivity index (χ1) is 19.6. The SMILES string of the molecule is CNC(=O)CCc1cc(-c2ccc(-c3ccc(C(F)(F)F)cc3)cc2)n(-c2ccc(-n3cc(C(C)=O)nn3)cc2)n1. The molecule has 2 heterocycles. The molecule has 0 saturated carbocycles. The molecule has 0 unspecified atom stereocenters. The molecule has 11 heteroatoms. The van der Waals surface area contributed by atoms with Gasteiger partial charge in [-0.1, -0.05) is 41.6 Å². The molecule has 0 spiro atoms.